The Morgan fingerprint density at radius 1 is 1.00 bits per heavy atom. The van der Waals surface area contributed by atoms with Crippen LogP contribution >= 0.6 is 0 Å². The first-order valence-corrected chi connectivity index (χ1v) is 9.43. The van der Waals surface area contributed by atoms with Crippen LogP contribution in [0.15, 0.2) is 36.4 Å². The maximum atomic E-state index is 12.4. The Kier molecular flexibility index (Phi) is 6.11. The lowest BCUT2D eigenvalue weighted by Gasteiger charge is -2.35. The summed E-state index contributed by atoms with van der Waals surface area (Å²) in [4.78, 5) is 27.1. The summed E-state index contributed by atoms with van der Waals surface area (Å²) in [6.45, 7) is 6.18. The number of amides is 3. The molecule has 0 spiro atoms. The van der Waals surface area contributed by atoms with Crippen LogP contribution in [-0.2, 0) is 0 Å². The normalized spacial score (nSPS) is 13.8. The first-order valence-electron chi connectivity index (χ1n) is 9.43. The third-order valence-electron chi connectivity index (χ3n) is 4.95. The van der Waals surface area contributed by atoms with Crippen molar-refractivity contribution < 1.29 is 19.4 Å². The van der Waals surface area contributed by atoms with Crippen molar-refractivity contribution in [3.63, 3.8) is 0 Å². The molecule has 3 amide bonds. The lowest BCUT2D eigenvalue weighted by Crippen LogP contribution is -2.48. The summed E-state index contributed by atoms with van der Waals surface area (Å²) in [5.74, 6) is 0.595. The summed E-state index contributed by atoms with van der Waals surface area (Å²) in [7, 11) is 1.56. The molecule has 0 bridgehead atoms. The number of hydrogen-bond acceptors (Lipinski definition) is 4. The van der Waals surface area contributed by atoms with E-state index in [9.17, 15) is 9.59 Å². The summed E-state index contributed by atoms with van der Waals surface area (Å²) < 4.78 is 5.29. The maximum absolute atomic E-state index is 12.4. The predicted octanol–water partition coefficient (Wildman–Crippen LogP) is 3.76. The molecule has 3 rings (SSSR count). The van der Waals surface area contributed by atoms with Gasteiger partial charge in [0.05, 0.1) is 12.8 Å². The fourth-order valence-corrected chi connectivity index (χ4v) is 3.43. The van der Waals surface area contributed by atoms with Gasteiger partial charge in [-0.05, 0) is 55.3 Å². The molecule has 0 aromatic heterocycles. The minimum absolute atomic E-state index is 0.351. The Bertz CT molecular complexity index is 908. The number of methoxy groups -OCH3 is 1. The first kappa shape index (κ1) is 20.3. The monoisotopic (exact) mass is 398 g/mol. The zero-order chi connectivity index (χ0) is 21.0. The highest BCUT2D eigenvalue weighted by atomic mass is 16.5. The highest BCUT2D eigenvalue weighted by molar-refractivity contribution is 6.01. The average molecular weight is 398 g/mol. The molecule has 1 fully saturated rings. The zero-order valence-electron chi connectivity index (χ0n) is 16.9. The molecule has 29 heavy (non-hydrogen) atoms. The molecule has 8 heteroatoms. The Morgan fingerprint density at radius 3 is 2.34 bits per heavy atom. The standard InChI is InChI=1S/C21H26N4O4/c1-14-4-7-19(29-3)17(12-14)23-20(26)22-16-5-6-18(15(2)13-16)24-8-10-25(11-9-24)21(27)28/h4-7,12-13H,8-11H2,1-3H3,(H,27,28)(H2,22,23,26). The van der Waals surface area contributed by atoms with Gasteiger partial charge in [-0.1, -0.05) is 6.07 Å². The van der Waals surface area contributed by atoms with Gasteiger partial charge in [-0.15, -0.1) is 0 Å². The van der Waals surface area contributed by atoms with Crippen LogP contribution in [-0.4, -0.2) is 55.4 Å². The third kappa shape index (κ3) is 4.90. The maximum Gasteiger partial charge on any atom is 0.407 e. The molecule has 1 heterocycles. The second kappa shape index (κ2) is 8.72. The number of piperazine rings is 1. The number of hydrogen-bond donors (Lipinski definition) is 3. The van der Waals surface area contributed by atoms with Crippen LogP contribution in [0.5, 0.6) is 5.75 Å². The second-order valence-corrected chi connectivity index (χ2v) is 7.04. The van der Waals surface area contributed by atoms with Crippen molar-refractivity contribution >= 4 is 29.2 Å². The van der Waals surface area contributed by atoms with Gasteiger partial charge in [-0.2, -0.15) is 0 Å². The Hall–Kier alpha value is -3.42. The van der Waals surface area contributed by atoms with Gasteiger partial charge in [0.1, 0.15) is 5.75 Å². The van der Waals surface area contributed by atoms with E-state index in [1.54, 1.807) is 7.11 Å². The number of benzene rings is 2. The van der Waals surface area contributed by atoms with Gasteiger partial charge in [-0.3, -0.25) is 0 Å². The minimum atomic E-state index is -0.878. The highest BCUT2D eigenvalue weighted by Gasteiger charge is 2.21. The van der Waals surface area contributed by atoms with Crippen molar-refractivity contribution in [2.75, 3.05) is 48.8 Å². The second-order valence-electron chi connectivity index (χ2n) is 7.04. The van der Waals surface area contributed by atoms with Gasteiger partial charge >= 0.3 is 12.1 Å². The van der Waals surface area contributed by atoms with E-state index < -0.39 is 6.09 Å². The van der Waals surface area contributed by atoms with Gasteiger partial charge in [0.15, 0.2) is 0 Å². The van der Waals surface area contributed by atoms with Gasteiger partial charge in [0, 0.05) is 37.6 Å². The highest BCUT2D eigenvalue weighted by Crippen LogP contribution is 2.27. The summed E-state index contributed by atoms with van der Waals surface area (Å²) >= 11 is 0. The molecule has 1 aliphatic heterocycles. The van der Waals surface area contributed by atoms with Gasteiger partial charge < -0.3 is 30.3 Å². The molecular formula is C21H26N4O4. The van der Waals surface area contributed by atoms with Crippen molar-refractivity contribution in [1.29, 1.82) is 0 Å². The van der Waals surface area contributed by atoms with Crippen LogP contribution in [0.2, 0.25) is 0 Å². The Balaban J connectivity index is 1.64. The lowest BCUT2D eigenvalue weighted by atomic mass is 10.1. The number of carboxylic acid groups (broad SMARTS) is 1. The van der Waals surface area contributed by atoms with E-state index in [1.807, 2.05) is 50.2 Å². The predicted molar refractivity (Wildman–Crippen MR) is 113 cm³/mol. The molecule has 8 nitrogen and oxygen atoms in total. The summed E-state index contributed by atoms with van der Waals surface area (Å²) in [5.41, 5.74) is 4.36. The van der Waals surface area contributed by atoms with Gasteiger partial charge in [0.25, 0.3) is 0 Å². The molecule has 2 aromatic carbocycles. The van der Waals surface area contributed by atoms with E-state index in [4.69, 9.17) is 9.84 Å². The van der Waals surface area contributed by atoms with E-state index in [-0.39, 0.29) is 6.03 Å². The SMILES string of the molecule is COc1ccc(C)cc1NC(=O)Nc1ccc(N2CCN(C(=O)O)CC2)c(C)c1. The topological polar surface area (TPSA) is 94.1 Å². The molecule has 3 N–H and O–H groups in total. The van der Waals surface area contributed by atoms with Gasteiger partial charge in [0.2, 0.25) is 0 Å². The number of nitrogens with one attached hydrogen (secondary N) is 2. The van der Waals surface area contributed by atoms with Crippen LogP contribution in [0.25, 0.3) is 0 Å². The Morgan fingerprint density at radius 2 is 1.72 bits per heavy atom. The molecule has 1 aliphatic rings. The van der Waals surface area contributed by atoms with Crippen molar-refractivity contribution in [1.82, 2.24) is 4.90 Å². The number of nitrogens with zero attached hydrogens (tertiary/aromatic N) is 2. The van der Waals surface area contributed by atoms with Crippen molar-refractivity contribution in [3.05, 3.63) is 47.5 Å². The van der Waals surface area contributed by atoms with E-state index in [0.717, 1.165) is 16.8 Å². The molecule has 0 aliphatic carbocycles. The molecule has 1 saturated heterocycles. The largest absolute Gasteiger partial charge is 0.495 e. The van der Waals surface area contributed by atoms with Crippen LogP contribution in [0, 0.1) is 13.8 Å². The molecule has 2 aromatic rings. The first-order chi connectivity index (χ1) is 13.9. The van der Waals surface area contributed by atoms with Crippen LogP contribution < -0.4 is 20.3 Å². The molecular weight excluding hydrogens is 372 g/mol. The molecule has 0 unspecified atom stereocenters. The lowest BCUT2D eigenvalue weighted by molar-refractivity contribution is 0.142. The summed E-state index contributed by atoms with van der Waals surface area (Å²) in [6.07, 6.45) is -0.878. The van der Waals surface area contributed by atoms with Crippen molar-refractivity contribution in [3.8, 4) is 5.75 Å². The number of urea groups is 1. The van der Waals surface area contributed by atoms with E-state index in [0.29, 0.717) is 43.3 Å². The quantitative estimate of drug-likeness (QED) is 0.729. The minimum Gasteiger partial charge on any atom is -0.495 e. The number of aryl methyl sites for hydroxylation is 2. The summed E-state index contributed by atoms with van der Waals surface area (Å²) in [6, 6.07) is 10.9. The van der Waals surface area contributed by atoms with E-state index >= 15 is 0 Å². The fraction of sp³-hybridized carbons (Fsp3) is 0.333. The van der Waals surface area contributed by atoms with E-state index in [1.165, 1.54) is 4.90 Å². The number of carbonyl (C=O) groups excluding carboxylic acids is 1. The molecule has 154 valence electrons. The number of carbonyl (C=O) groups is 2. The number of rotatable bonds is 4. The fourth-order valence-electron chi connectivity index (χ4n) is 3.43. The number of ether oxygens (including phenoxy) is 1. The average Bonchev–Trinajstić information content (AvgIpc) is 2.68. The van der Waals surface area contributed by atoms with Crippen LogP contribution in [0.3, 0.4) is 0 Å². The van der Waals surface area contributed by atoms with Gasteiger partial charge in [-0.25, -0.2) is 9.59 Å². The van der Waals surface area contributed by atoms with E-state index in [2.05, 4.69) is 15.5 Å². The summed E-state index contributed by atoms with van der Waals surface area (Å²) in [5, 5.41) is 14.7. The van der Waals surface area contributed by atoms with Crippen molar-refractivity contribution in [2.24, 2.45) is 0 Å². The smallest absolute Gasteiger partial charge is 0.407 e. The molecule has 0 saturated carbocycles. The Labute approximate surface area is 170 Å². The number of anilines is 3. The van der Waals surface area contributed by atoms with Crippen LogP contribution in [0.4, 0.5) is 26.7 Å². The third-order valence-corrected chi connectivity index (χ3v) is 4.95. The molecule has 0 radical (unpaired) electrons. The van der Waals surface area contributed by atoms with Crippen LogP contribution in [0.1, 0.15) is 11.1 Å². The van der Waals surface area contributed by atoms with Crippen molar-refractivity contribution in [2.45, 2.75) is 13.8 Å². The zero-order valence-corrected chi connectivity index (χ0v) is 16.9. The molecule has 0 atom stereocenters.